The average Bonchev–Trinajstić information content (AvgIpc) is 3.21. The van der Waals surface area contributed by atoms with Crippen LogP contribution in [0.3, 0.4) is 0 Å². The predicted octanol–water partition coefficient (Wildman–Crippen LogP) is 6.58. The Morgan fingerprint density at radius 3 is 2.26 bits per heavy atom. The molecule has 212 valence electrons. The average molecular weight is 546 g/mol. The molecule has 0 unspecified atom stereocenters. The number of hydrogen-bond donors (Lipinski definition) is 0. The van der Waals surface area contributed by atoms with Crippen LogP contribution in [0, 0.1) is 11.3 Å². The van der Waals surface area contributed by atoms with E-state index in [0.29, 0.717) is 18.4 Å². The molecule has 1 aromatic carbocycles. The Hall–Kier alpha value is -1.79. The minimum atomic E-state index is -0.222. The van der Waals surface area contributed by atoms with Gasteiger partial charge >= 0.3 is 6.09 Å². The summed E-state index contributed by atoms with van der Waals surface area (Å²) < 4.78 is 5.32. The molecule has 1 atom stereocenters. The zero-order chi connectivity index (χ0) is 27.2. The van der Waals surface area contributed by atoms with Crippen LogP contribution >= 0.6 is 11.6 Å². The highest BCUT2D eigenvalue weighted by Crippen LogP contribution is 2.47. The van der Waals surface area contributed by atoms with E-state index in [1.54, 1.807) is 0 Å². The molecule has 1 saturated carbocycles. The van der Waals surface area contributed by atoms with Crippen molar-refractivity contribution >= 4 is 24.1 Å². The van der Waals surface area contributed by atoms with Crippen molar-refractivity contribution in [3.63, 3.8) is 0 Å². The second kappa shape index (κ2) is 13.0. The van der Waals surface area contributed by atoms with Gasteiger partial charge in [0.25, 0.3) is 0 Å². The SMILES string of the molecule is CC1(C)COC(=O)N1CC1(C2CCCCC2)CCN(C=O)CC1.CCN1CCC[C@H](c2ccc(Cl)cc2)C1. The minimum absolute atomic E-state index is 0.153. The van der Waals surface area contributed by atoms with Crippen molar-refractivity contribution in [2.75, 3.05) is 45.9 Å². The zero-order valence-corrected chi connectivity index (χ0v) is 24.6. The summed E-state index contributed by atoms with van der Waals surface area (Å²) >= 11 is 5.90. The van der Waals surface area contributed by atoms with Crippen LogP contribution in [0.1, 0.15) is 90.0 Å². The van der Waals surface area contributed by atoms with E-state index in [0.717, 1.165) is 43.9 Å². The largest absolute Gasteiger partial charge is 0.447 e. The lowest BCUT2D eigenvalue weighted by molar-refractivity contribution is -0.121. The Labute approximate surface area is 235 Å². The number of ether oxygens (including phenoxy) is 1. The van der Waals surface area contributed by atoms with Gasteiger partial charge in [0.15, 0.2) is 0 Å². The number of carbonyl (C=O) groups excluding carboxylic acids is 2. The van der Waals surface area contributed by atoms with Gasteiger partial charge in [-0.2, -0.15) is 0 Å². The Morgan fingerprint density at radius 1 is 1.00 bits per heavy atom. The number of hydrogen-bond acceptors (Lipinski definition) is 4. The molecule has 0 radical (unpaired) electrons. The first kappa shape index (κ1) is 29.2. The highest BCUT2D eigenvalue weighted by atomic mass is 35.5. The summed E-state index contributed by atoms with van der Waals surface area (Å²) in [5, 5.41) is 0.835. The molecule has 0 bridgehead atoms. The van der Waals surface area contributed by atoms with Crippen molar-refractivity contribution in [3.05, 3.63) is 34.9 Å². The Kier molecular flexibility index (Phi) is 10.0. The van der Waals surface area contributed by atoms with Crippen LogP contribution in [0.5, 0.6) is 0 Å². The van der Waals surface area contributed by atoms with Gasteiger partial charge in [0.1, 0.15) is 6.61 Å². The fourth-order valence-electron chi connectivity index (χ4n) is 7.07. The van der Waals surface area contributed by atoms with Gasteiger partial charge in [-0.1, -0.05) is 49.9 Å². The number of halogens is 1. The second-order valence-corrected chi connectivity index (χ2v) is 13.0. The number of piperidine rings is 2. The van der Waals surface area contributed by atoms with Crippen LogP contribution in [0.25, 0.3) is 0 Å². The highest BCUT2D eigenvalue weighted by Gasteiger charge is 2.48. The van der Waals surface area contributed by atoms with E-state index in [-0.39, 0.29) is 17.0 Å². The van der Waals surface area contributed by atoms with Crippen LogP contribution in [0.15, 0.2) is 24.3 Å². The monoisotopic (exact) mass is 545 g/mol. The molecule has 7 heteroatoms. The number of likely N-dealkylation sites (tertiary alicyclic amines) is 2. The molecule has 6 nitrogen and oxygen atoms in total. The maximum absolute atomic E-state index is 12.2. The van der Waals surface area contributed by atoms with Gasteiger partial charge in [-0.25, -0.2) is 4.79 Å². The molecule has 2 amide bonds. The molecule has 3 saturated heterocycles. The van der Waals surface area contributed by atoms with Crippen LogP contribution in [0.4, 0.5) is 4.79 Å². The van der Waals surface area contributed by atoms with Crippen molar-refractivity contribution in [2.24, 2.45) is 11.3 Å². The van der Waals surface area contributed by atoms with E-state index in [4.69, 9.17) is 16.3 Å². The summed E-state index contributed by atoms with van der Waals surface area (Å²) in [6.07, 6.45) is 11.9. The molecule has 4 fully saturated rings. The normalized spacial score (nSPS) is 25.9. The molecule has 0 N–H and O–H groups in total. The summed E-state index contributed by atoms with van der Waals surface area (Å²) in [5.41, 5.74) is 1.37. The Bertz CT molecular complexity index is 907. The Morgan fingerprint density at radius 2 is 1.68 bits per heavy atom. The van der Waals surface area contributed by atoms with E-state index in [9.17, 15) is 9.59 Å². The van der Waals surface area contributed by atoms with Crippen molar-refractivity contribution in [1.29, 1.82) is 0 Å². The predicted molar refractivity (Wildman–Crippen MR) is 154 cm³/mol. The second-order valence-electron chi connectivity index (χ2n) is 12.6. The van der Waals surface area contributed by atoms with Gasteiger partial charge in [0.2, 0.25) is 6.41 Å². The third-order valence-corrected chi connectivity index (χ3v) is 9.93. The molecular weight excluding hydrogens is 498 g/mol. The zero-order valence-electron chi connectivity index (χ0n) is 23.8. The van der Waals surface area contributed by atoms with Crippen molar-refractivity contribution in [1.82, 2.24) is 14.7 Å². The van der Waals surface area contributed by atoms with Gasteiger partial charge in [-0.15, -0.1) is 0 Å². The van der Waals surface area contributed by atoms with E-state index < -0.39 is 0 Å². The molecule has 3 heterocycles. The summed E-state index contributed by atoms with van der Waals surface area (Å²) in [7, 11) is 0. The lowest BCUT2D eigenvalue weighted by Gasteiger charge is -2.50. The smallest absolute Gasteiger partial charge is 0.410 e. The molecule has 4 aliphatic rings. The van der Waals surface area contributed by atoms with Crippen LogP contribution < -0.4 is 0 Å². The molecule has 1 aromatic rings. The highest BCUT2D eigenvalue weighted by molar-refractivity contribution is 6.30. The molecule has 5 rings (SSSR count). The number of amides is 2. The third-order valence-electron chi connectivity index (χ3n) is 9.68. The van der Waals surface area contributed by atoms with Crippen molar-refractivity contribution < 1.29 is 14.3 Å². The first-order valence-corrected chi connectivity index (χ1v) is 15.3. The summed E-state index contributed by atoms with van der Waals surface area (Å²) in [6, 6.07) is 8.35. The number of benzene rings is 1. The molecule has 3 aliphatic heterocycles. The minimum Gasteiger partial charge on any atom is -0.447 e. The lowest BCUT2D eigenvalue weighted by atomic mass is 9.63. The van der Waals surface area contributed by atoms with Gasteiger partial charge < -0.3 is 14.5 Å². The van der Waals surface area contributed by atoms with E-state index >= 15 is 0 Å². The molecule has 0 aromatic heterocycles. The molecule has 38 heavy (non-hydrogen) atoms. The number of likely N-dealkylation sites (N-methyl/N-ethyl adjacent to an activating group) is 1. The molecule has 1 aliphatic carbocycles. The van der Waals surface area contributed by atoms with E-state index in [1.165, 1.54) is 70.1 Å². The van der Waals surface area contributed by atoms with E-state index in [2.05, 4.69) is 37.8 Å². The standard InChI is InChI=1S/C18H30N2O3.C13H18ClN/c1-17(2)13-23-16(22)20(17)12-18(15-6-4-3-5-7-15)8-10-19(14-21)11-9-18;1-2-15-9-3-4-12(10-15)11-5-7-13(14)8-6-11/h14-15H,3-13H2,1-2H3;5-8,12H,2-4,9-10H2,1H3/t;12-/m.0/s1. The van der Waals surface area contributed by atoms with Crippen LogP contribution in [-0.2, 0) is 9.53 Å². The third kappa shape index (κ3) is 7.04. The van der Waals surface area contributed by atoms with Gasteiger partial charge in [-0.3, -0.25) is 9.69 Å². The summed E-state index contributed by atoms with van der Waals surface area (Å²) in [4.78, 5) is 29.7. The van der Waals surface area contributed by atoms with Crippen LogP contribution in [-0.4, -0.2) is 78.6 Å². The van der Waals surface area contributed by atoms with Gasteiger partial charge in [0, 0.05) is 31.2 Å². The number of nitrogens with zero attached hydrogens (tertiary/aromatic N) is 3. The molecular formula is C31H48ClN3O3. The number of cyclic esters (lactones) is 1. The maximum atomic E-state index is 12.2. The fraction of sp³-hybridized carbons (Fsp3) is 0.742. The number of rotatable bonds is 6. The molecule has 0 spiro atoms. The lowest BCUT2D eigenvalue weighted by Crippen LogP contribution is -2.54. The Balaban J connectivity index is 0.000000194. The quantitative estimate of drug-likeness (QED) is 0.379. The van der Waals surface area contributed by atoms with Gasteiger partial charge in [0.05, 0.1) is 5.54 Å². The van der Waals surface area contributed by atoms with Crippen molar-refractivity contribution in [3.8, 4) is 0 Å². The van der Waals surface area contributed by atoms with Crippen LogP contribution in [0.2, 0.25) is 5.02 Å². The first-order valence-electron chi connectivity index (χ1n) is 14.9. The first-order chi connectivity index (χ1) is 18.3. The van der Waals surface area contributed by atoms with E-state index in [1.807, 2.05) is 21.9 Å². The maximum Gasteiger partial charge on any atom is 0.410 e. The van der Waals surface area contributed by atoms with Gasteiger partial charge in [-0.05, 0) is 100 Å². The topological polar surface area (TPSA) is 53.1 Å². The summed E-state index contributed by atoms with van der Waals surface area (Å²) in [6.45, 7) is 13.0. The summed E-state index contributed by atoms with van der Waals surface area (Å²) in [5.74, 6) is 1.38. The van der Waals surface area contributed by atoms with Crippen molar-refractivity contribution in [2.45, 2.75) is 90.0 Å². The number of carbonyl (C=O) groups is 2. The fourth-order valence-corrected chi connectivity index (χ4v) is 7.20.